The molecule has 0 bridgehead atoms. The maximum Gasteiger partial charge on any atom is 0.162 e. The molecule has 3 aromatic rings. The fourth-order valence-corrected chi connectivity index (χ4v) is 3.39. The first-order valence-corrected chi connectivity index (χ1v) is 8.01. The Hall–Kier alpha value is -1.11. The van der Waals surface area contributed by atoms with Crippen LogP contribution in [0.25, 0.3) is 11.0 Å². The number of hydrogen-bond donors (Lipinski definition) is 0. The smallest absolute Gasteiger partial charge is 0.162 e. The molecule has 0 aliphatic carbocycles. The molecule has 2 heterocycles. The summed E-state index contributed by atoms with van der Waals surface area (Å²) in [6.45, 7) is 0. The first kappa shape index (κ1) is 13.9. The third-order valence-corrected chi connectivity index (χ3v) is 4.53. The second-order valence-corrected chi connectivity index (χ2v) is 6.50. The number of nitrogens with zero attached hydrogens (tertiary/aromatic N) is 4. The third-order valence-electron chi connectivity index (χ3n) is 2.76. The molecule has 0 aliphatic heterocycles. The van der Waals surface area contributed by atoms with Gasteiger partial charge >= 0.3 is 0 Å². The number of halogens is 2. The Balaban J connectivity index is 1.86. The number of aromatic nitrogens is 4. The minimum Gasteiger partial charge on any atom is -0.250 e. The fourth-order valence-electron chi connectivity index (χ4n) is 1.80. The van der Waals surface area contributed by atoms with Gasteiger partial charge in [-0.2, -0.15) is 5.10 Å². The lowest BCUT2D eigenvalue weighted by atomic mass is 10.4. The molecular weight excluding hydrogens is 360 g/mol. The fraction of sp³-hybridized carbons (Fsp3) is 0.154. The van der Waals surface area contributed by atoms with Crippen molar-refractivity contribution in [2.75, 3.05) is 0 Å². The van der Waals surface area contributed by atoms with Crippen LogP contribution in [0, 0.1) is 0 Å². The first-order chi connectivity index (χ1) is 9.63. The first-order valence-electron chi connectivity index (χ1n) is 5.86. The Morgan fingerprint density at radius 2 is 2.20 bits per heavy atom. The monoisotopic (exact) mass is 368 g/mol. The van der Waals surface area contributed by atoms with Crippen LogP contribution in [0.2, 0.25) is 5.15 Å². The summed E-state index contributed by atoms with van der Waals surface area (Å²) in [6, 6.07) is 8.12. The van der Waals surface area contributed by atoms with E-state index in [0.717, 1.165) is 20.4 Å². The van der Waals surface area contributed by atoms with E-state index >= 15 is 0 Å². The molecule has 102 valence electrons. The van der Waals surface area contributed by atoms with E-state index in [2.05, 4.69) is 43.1 Å². The van der Waals surface area contributed by atoms with Crippen molar-refractivity contribution in [3.05, 3.63) is 45.9 Å². The minimum atomic E-state index is 0.452. The summed E-state index contributed by atoms with van der Waals surface area (Å²) in [5.74, 6) is 1.37. The second-order valence-electron chi connectivity index (χ2n) is 4.18. The van der Waals surface area contributed by atoms with E-state index in [0.29, 0.717) is 16.7 Å². The summed E-state index contributed by atoms with van der Waals surface area (Å²) >= 11 is 11.3. The van der Waals surface area contributed by atoms with Crippen LogP contribution in [0.3, 0.4) is 0 Å². The van der Waals surface area contributed by atoms with Crippen molar-refractivity contribution in [2.45, 2.75) is 10.6 Å². The Bertz CT molecular complexity index is 774. The molecule has 3 rings (SSSR count). The summed E-state index contributed by atoms with van der Waals surface area (Å²) < 4.78 is 2.76. The van der Waals surface area contributed by atoms with Crippen LogP contribution in [0.4, 0.5) is 0 Å². The van der Waals surface area contributed by atoms with Gasteiger partial charge in [0.05, 0.1) is 17.3 Å². The lowest BCUT2D eigenvalue weighted by Crippen LogP contribution is -1.98. The zero-order valence-corrected chi connectivity index (χ0v) is 13.7. The van der Waals surface area contributed by atoms with E-state index in [1.807, 2.05) is 19.2 Å². The normalized spacial score (nSPS) is 11.2. The van der Waals surface area contributed by atoms with E-state index in [1.165, 1.54) is 0 Å². The summed E-state index contributed by atoms with van der Waals surface area (Å²) in [7, 11) is 1.84. The van der Waals surface area contributed by atoms with Crippen molar-refractivity contribution in [2.24, 2.45) is 7.05 Å². The average molecular weight is 370 g/mol. The molecule has 0 radical (unpaired) electrons. The van der Waals surface area contributed by atoms with Crippen LogP contribution in [-0.4, -0.2) is 19.7 Å². The Morgan fingerprint density at radius 1 is 1.35 bits per heavy atom. The molecule has 7 heteroatoms. The molecule has 0 saturated heterocycles. The Labute approximate surface area is 133 Å². The number of thioether (sulfide) groups is 1. The average Bonchev–Trinajstić information content (AvgIpc) is 2.79. The maximum atomic E-state index is 6.16. The standard InChI is InChI=1S/C13H10BrClN4S/c1-19-13-10(6-16-19)12(15)17-11(18-13)7-20-9-4-2-3-8(14)5-9/h2-6H,7H2,1H3. The second kappa shape index (κ2) is 5.71. The van der Waals surface area contributed by atoms with Crippen molar-refractivity contribution in [3.8, 4) is 0 Å². The van der Waals surface area contributed by atoms with Crippen molar-refractivity contribution in [1.29, 1.82) is 0 Å². The van der Waals surface area contributed by atoms with Gasteiger partial charge in [-0.1, -0.05) is 33.6 Å². The highest BCUT2D eigenvalue weighted by molar-refractivity contribution is 9.10. The number of rotatable bonds is 3. The summed E-state index contributed by atoms with van der Waals surface area (Å²) in [4.78, 5) is 9.98. The van der Waals surface area contributed by atoms with Crippen molar-refractivity contribution in [1.82, 2.24) is 19.7 Å². The maximum absolute atomic E-state index is 6.16. The highest BCUT2D eigenvalue weighted by Crippen LogP contribution is 2.26. The van der Waals surface area contributed by atoms with E-state index in [4.69, 9.17) is 11.6 Å². The van der Waals surface area contributed by atoms with E-state index < -0.39 is 0 Å². The van der Waals surface area contributed by atoms with Crippen LogP contribution in [0.1, 0.15) is 5.82 Å². The molecule has 0 fully saturated rings. The molecular formula is C13H10BrClN4S. The van der Waals surface area contributed by atoms with Crippen LogP contribution in [0.15, 0.2) is 39.8 Å². The van der Waals surface area contributed by atoms with E-state index in [1.54, 1.807) is 22.6 Å². The number of benzene rings is 1. The van der Waals surface area contributed by atoms with E-state index in [9.17, 15) is 0 Å². The zero-order valence-electron chi connectivity index (χ0n) is 10.5. The Morgan fingerprint density at radius 3 is 3.00 bits per heavy atom. The summed E-state index contributed by atoms with van der Waals surface area (Å²) in [5.41, 5.74) is 0.759. The zero-order chi connectivity index (χ0) is 14.1. The molecule has 0 amide bonds. The van der Waals surface area contributed by atoms with Crippen molar-refractivity contribution < 1.29 is 0 Å². The molecule has 0 saturated carbocycles. The highest BCUT2D eigenvalue weighted by atomic mass is 79.9. The predicted molar refractivity (Wildman–Crippen MR) is 85.0 cm³/mol. The molecule has 0 N–H and O–H groups in total. The lowest BCUT2D eigenvalue weighted by molar-refractivity contribution is 0.782. The molecule has 2 aromatic heterocycles. The number of aryl methyl sites for hydroxylation is 1. The minimum absolute atomic E-state index is 0.452. The quantitative estimate of drug-likeness (QED) is 0.515. The van der Waals surface area contributed by atoms with Gasteiger partial charge in [-0.05, 0) is 18.2 Å². The van der Waals surface area contributed by atoms with E-state index in [-0.39, 0.29) is 0 Å². The largest absolute Gasteiger partial charge is 0.250 e. The van der Waals surface area contributed by atoms with Gasteiger partial charge in [-0.15, -0.1) is 11.8 Å². The molecule has 4 nitrogen and oxygen atoms in total. The van der Waals surface area contributed by atoms with Crippen LogP contribution < -0.4 is 0 Å². The SMILES string of the molecule is Cn1ncc2c(Cl)nc(CSc3cccc(Br)c3)nc21. The highest BCUT2D eigenvalue weighted by Gasteiger charge is 2.10. The van der Waals surface area contributed by atoms with Gasteiger partial charge in [0.15, 0.2) is 5.65 Å². The van der Waals surface area contributed by atoms with Gasteiger partial charge in [-0.25, -0.2) is 9.97 Å². The summed E-state index contributed by atoms with van der Waals surface area (Å²) in [6.07, 6.45) is 1.68. The molecule has 1 aromatic carbocycles. The van der Waals surface area contributed by atoms with Gasteiger partial charge < -0.3 is 0 Å². The number of fused-ring (bicyclic) bond motifs is 1. The molecule has 0 unspecified atom stereocenters. The van der Waals surface area contributed by atoms with Crippen LogP contribution in [-0.2, 0) is 12.8 Å². The molecule has 0 atom stereocenters. The van der Waals surface area contributed by atoms with Crippen LogP contribution in [0.5, 0.6) is 0 Å². The van der Waals surface area contributed by atoms with Gasteiger partial charge in [0, 0.05) is 16.4 Å². The third kappa shape index (κ3) is 2.82. The molecule has 0 spiro atoms. The lowest BCUT2D eigenvalue weighted by Gasteiger charge is -2.03. The summed E-state index contributed by atoms with van der Waals surface area (Å²) in [5, 5.41) is 5.38. The molecule has 0 aliphatic rings. The Kier molecular flexibility index (Phi) is 3.96. The van der Waals surface area contributed by atoms with Gasteiger partial charge in [-0.3, -0.25) is 4.68 Å². The van der Waals surface area contributed by atoms with Gasteiger partial charge in [0.25, 0.3) is 0 Å². The predicted octanol–water partition coefficient (Wildman–Crippen LogP) is 4.07. The van der Waals surface area contributed by atoms with Crippen molar-refractivity contribution in [3.63, 3.8) is 0 Å². The molecule has 20 heavy (non-hydrogen) atoms. The van der Waals surface area contributed by atoms with Gasteiger partial charge in [0.1, 0.15) is 11.0 Å². The number of hydrogen-bond acceptors (Lipinski definition) is 4. The topological polar surface area (TPSA) is 43.6 Å². The van der Waals surface area contributed by atoms with Crippen molar-refractivity contribution >= 4 is 50.3 Å². The van der Waals surface area contributed by atoms with Crippen LogP contribution >= 0.6 is 39.3 Å². The van der Waals surface area contributed by atoms with Gasteiger partial charge in [0.2, 0.25) is 0 Å².